The zero-order chi connectivity index (χ0) is 24.6. The second-order valence-electron chi connectivity index (χ2n) is 8.63. The number of nitrogens with zero attached hydrogens (tertiary/aromatic N) is 3. The largest absolute Gasteiger partial charge is 0.497 e. The van der Waals surface area contributed by atoms with Crippen LogP contribution in [0.2, 0.25) is 0 Å². The van der Waals surface area contributed by atoms with Crippen LogP contribution in [-0.2, 0) is 4.79 Å². The number of carbonyl (C=O) groups excluding carboxylic acids is 2. The molecule has 0 saturated carbocycles. The second kappa shape index (κ2) is 11.5. The molecule has 1 fully saturated rings. The zero-order valence-electron chi connectivity index (χ0n) is 20.3. The van der Waals surface area contributed by atoms with E-state index in [4.69, 9.17) is 4.74 Å². The molecule has 35 heavy (non-hydrogen) atoms. The molecule has 0 spiro atoms. The highest BCUT2D eigenvalue weighted by molar-refractivity contribution is 5.96. The summed E-state index contributed by atoms with van der Waals surface area (Å²) in [4.78, 5) is 34.4. The SMILES string of the molecule is CCC(C(=O)Nc1ccc(N2CCCN(C(=O)c3ccc(OC)cc3)CC2)nc1)c1ccccc1. The van der Waals surface area contributed by atoms with E-state index in [2.05, 4.69) is 15.2 Å². The van der Waals surface area contributed by atoms with Crippen LogP contribution in [0.15, 0.2) is 72.9 Å². The average Bonchev–Trinajstić information content (AvgIpc) is 3.16. The molecule has 2 aromatic carbocycles. The molecule has 0 aliphatic carbocycles. The van der Waals surface area contributed by atoms with Gasteiger partial charge in [-0.2, -0.15) is 0 Å². The Balaban J connectivity index is 1.35. The van der Waals surface area contributed by atoms with Crippen molar-refractivity contribution in [1.29, 1.82) is 0 Å². The van der Waals surface area contributed by atoms with Gasteiger partial charge in [-0.3, -0.25) is 9.59 Å². The highest BCUT2D eigenvalue weighted by atomic mass is 16.5. The maximum atomic E-state index is 12.9. The first-order chi connectivity index (χ1) is 17.1. The van der Waals surface area contributed by atoms with Crippen LogP contribution in [0.1, 0.15) is 41.6 Å². The number of pyridine rings is 1. The third-order valence-corrected chi connectivity index (χ3v) is 6.39. The number of rotatable bonds is 7. The third kappa shape index (κ3) is 5.98. The van der Waals surface area contributed by atoms with Gasteiger partial charge in [-0.1, -0.05) is 37.3 Å². The fraction of sp³-hybridized carbons (Fsp3) is 0.321. The predicted molar refractivity (Wildman–Crippen MR) is 138 cm³/mol. The first-order valence-electron chi connectivity index (χ1n) is 12.1. The van der Waals surface area contributed by atoms with Gasteiger partial charge in [0.1, 0.15) is 11.6 Å². The van der Waals surface area contributed by atoms with E-state index >= 15 is 0 Å². The molecule has 0 radical (unpaired) electrons. The van der Waals surface area contributed by atoms with Crippen LogP contribution in [0.4, 0.5) is 11.5 Å². The van der Waals surface area contributed by atoms with Crippen LogP contribution >= 0.6 is 0 Å². The molecule has 182 valence electrons. The highest BCUT2D eigenvalue weighted by Gasteiger charge is 2.22. The fourth-order valence-electron chi connectivity index (χ4n) is 4.40. The third-order valence-electron chi connectivity index (χ3n) is 6.39. The summed E-state index contributed by atoms with van der Waals surface area (Å²) in [5.74, 6) is 1.38. The van der Waals surface area contributed by atoms with Gasteiger partial charge in [-0.25, -0.2) is 4.98 Å². The van der Waals surface area contributed by atoms with E-state index in [1.54, 1.807) is 25.4 Å². The molecule has 1 unspecified atom stereocenters. The number of carbonyl (C=O) groups is 2. The minimum Gasteiger partial charge on any atom is -0.497 e. The van der Waals surface area contributed by atoms with Gasteiger partial charge in [-0.15, -0.1) is 0 Å². The van der Waals surface area contributed by atoms with Crippen molar-refractivity contribution in [2.45, 2.75) is 25.7 Å². The van der Waals surface area contributed by atoms with Gasteiger partial charge in [0.25, 0.3) is 5.91 Å². The summed E-state index contributed by atoms with van der Waals surface area (Å²) in [7, 11) is 1.61. The number of anilines is 2. The lowest BCUT2D eigenvalue weighted by atomic mass is 9.95. The van der Waals surface area contributed by atoms with Crippen LogP contribution in [0, 0.1) is 0 Å². The molecular weight excluding hydrogens is 440 g/mol. The summed E-state index contributed by atoms with van der Waals surface area (Å²) in [5.41, 5.74) is 2.35. The number of methoxy groups -OCH3 is 1. The maximum Gasteiger partial charge on any atom is 0.253 e. The van der Waals surface area contributed by atoms with Gasteiger partial charge in [0.2, 0.25) is 5.91 Å². The number of amides is 2. The smallest absolute Gasteiger partial charge is 0.253 e. The molecular formula is C28H32N4O3. The Morgan fingerprint density at radius 3 is 2.40 bits per heavy atom. The zero-order valence-corrected chi connectivity index (χ0v) is 20.3. The molecule has 1 N–H and O–H groups in total. The monoisotopic (exact) mass is 472 g/mol. The lowest BCUT2D eigenvalue weighted by Crippen LogP contribution is -2.35. The van der Waals surface area contributed by atoms with Crippen molar-refractivity contribution in [3.05, 3.63) is 84.1 Å². The van der Waals surface area contributed by atoms with Crippen molar-refractivity contribution in [2.75, 3.05) is 43.5 Å². The van der Waals surface area contributed by atoms with E-state index in [1.165, 1.54) is 0 Å². The average molecular weight is 473 g/mol. The summed E-state index contributed by atoms with van der Waals surface area (Å²) in [5, 5.41) is 3.00. The Hall–Kier alpha value is -3.87. The highest BCUT2D eigenvalue weighted by Crippen LogP contribution is 2.23. The maximum absolute atomic E-state index is 12.9. The Morgan fingerprint density at radius 1 is 0.971 bits per heavy atom. The second-order valence-corrected chi connectivity index (χ2v) is 8.63. The van der Waals surface area contributed by atoms with Crippen molar-refractivity contribution in [1.82, 2.24) is 9.88 Å². The number of hydrogen-bond donors (Lipinski definition) is 1. The molecule has 1 atom stereocenters. The molecule has 2 amide bonds. The number of aromatic nitrogens is 1. The molecule has 1 saturated heterocycles. The van der Waals surface area contributed by atoms with Gasteiger partial charge >= 0.3 is 0 Å². The number of nitrogens with one attached hydrogen (secondary N) is 1. The number of benzene rings is 2. The standard InChI is InChI=1S/C28H32N4O3/c1-3-25(21-8-5-4-6-9-21)27(33)30-23-12-15-26(29-20-23)31-16-7-17-32(19-18-31)28(34)22-10-13-24(35-2)14-11-22/h4-6,8-15,20,25H,3,7,16-19H2,1-2H3,(H,30,33). The van der Waals surface area contributed by atoms with Gasteiger partial charge in [0.15, 0.2) is 0 Å². The van der Waals surface area contributed by atoms with Gasteiger partial charge in [0.05, 0.1) is 24.9 Å². The molecule has 1 aliphatic heterocycles. The fourth-order valence-corrected chi connectivity index (χ4v) is 4.40. The minimum absolute atomic E-state index is 0.0318. The first kappa shape index (κ1) is 24.3. The minimum atomic E-state index is -0.198. The van der Waals surface area contributed by atoms with E-state index in [0.717, 1.165) is 36.5 Å². The number of ether oxygens (including phenoxy) is 1. The van der Waals surface area contributed by atoms with E-state index < -0.39 is 0 Å². The molecule has 1 aliphatic rings. The Kier molecular flexibility index (Phi) is 7.98. The molecule has 7 nitrogen and oxygen atoms in total. The summed E-state index contributed by atoms with van der Waals surface area (Å²) in [6.07, 6.45) is 3.29. The van der Waals surface area contributed by atoms with Gasteiger partial charge < -0.3 is 19.9 Å². The van der Waals surface area contributed by atoms with Crippen LogP contribution in [0.5, 0.6) is 5.75 Å². The summed E-state index contributed by atoms with van der Waals surface area (Å²) in [6, 6.07) is 20.9. The van der Waals surface area contributed by atoms with Crippen molar-refractivity contribution >= 4 is 23.3 Å². The lowest BCUT2D eigenvalue weighted by molar-refractivity contribution is -0.117. The van der Waals surface area contributed by atoms with Crippen molar-refractivity contribution in [3.8, 4) is 5.75 Å². The van der Waals surface area contributed by atoms with Crippen LogP contribution in [0.25, 0.3) is 0 Å². The van der Waals surface area contributed by atoms with E-state index in [1.807, 2.05) is 66.4 Å². The Morgan fingerprint density at radius 2 is 1.74 bits per heavy atom. The first-order valence-corrected chi connectivity index (χ1v) is 12.1. The Bertz CT molecular complexity index is 1120. The molecule has 7 heteroatoms. The van der Waals surface area contributed by atoms with Crippen molar-refractivity contribution in [3.63, 3.8) is 0 Å². The van der Waals surface area contributed by atoms with E-state index in [9.17, 15) is 9.59 Å². The van der Waals surface area contributed by atoms with Crippen molar-refractivity contribution < 1.29 is 14.3 Å². The molecule has 0 bridgehead atoms. The number of hydrogen-bond acceptors (Lipinski definition) is 5. The predicted octanol–water partition coefficient (Wildman–Crippen LogP) is 4.58. The molecule has 1 aromatic heterocycles. The summed E-state index contributed by atoms with van der Waals surface area (Å²) in [6.45, 7) is 4.86. The lowest BCUT2D eigenvalue weighted by Gasteiger charge is -2.23. The normalized spacial score (nSPS) is 14.7. The van der Waals surface area contributed by atoms with E-state index in [-0.39, 0.29) is 17.7 Å². The van der Waals surface area contributed by atoms with Gasteiger partial charge in [0, 0.05) is 31.7 Å². The molecule has 3 aromatic rings. The quantitative estimate of drug-likeness (QED) is 0.545. The summed E-state index contributed by atoms with van der Waals surface area (Å²) >= 11 is 0. The topological polar surface area (TPSA) is 74.8 Å². The molecule has 2 heterocycles. The Labute approximate surface area is 206 Å². The van der Waals surface area contributed by atoms with Crippen LogP contribution in [0.3, 0.4) is 0 Å². The molecule has 4 rings (SSSR count). The van der Waals surface area contributed by atoms with Crippen molar-refractivity contribution in [2.24, 2.45) is 0 Å². The van der Waals surface area contributed by atoms with E-state index in [0.29, 0.717) is 30.9 Å². The van der Waals surface area contributed by atoms with Gasteiger partial charge in [-0.05, 0) is 54.8 Å². The van der Waals surface area contributed by atoms with Crippen LogP contribution in [-0.4, -0.2) is 55.0 Å². The summed E-state index contributed by atoms with van der Waals surface area (Å²) < 4.78 is 5.18. The van der Waals surface area contributed by atoms with Crippen LogP contribution < -0.4 is 15.0 Å².